The van der Waals surface area contributed by atoms with Gasteiger partial charge in [0.05, 0.1) is 13.3 Å². The van der Waals surface area contributed by atoms with Crippen molar-refractivity contribution in [2.24, 2.45) is 0 Å². The molecule has 0 amide bonds. The molecule has 1 aliphatic heterocycles. The molecule has 3 heterocycles. The quantitative estimate of drug-likeness (QED) is 0.779. The second-order valence-electron chi connectivity index (χ2n) is 4.59. The summed E-state index contributed by atoms with van der Waals surface area (Å²) < 4.78 is 6.98. The van der Waals surface area contributed by atoms with Crippen LogP contribution in [0.25, 0.3) is 5.65 Å². The third kappa shape index (κ3) is 1.86. The lowest BCUT2D eigenvalue weighted by Crippen LogP contribution is -2.13. The largest absolute Gasteiger partial charge is 0.495 e. The lowest BCUT2D eigenvalue weighted by Gasteiger charge is -2.05. The topological polar surface area (TPSA) is 42.7 Å². The minimum absolute atomic E-state index is 0.464. The molecule has 1 atom stereocenters. The average molecular weight is 232 g/mol. The van der Waals surface area contributed by atoms with Crippen molar-refractivity contribution in [2.45, 2.75) is 12.3 Å². The molecule has 0 aromatic carbocycles. The molecule has 1 aliphatic rings. The van der Waals surface area contributed by atoms with E-state index in [2.05, 4.69) is 22.0 Å². The highest BCUT2D eigenvalue weighted by Crippen LogP contribution is 2.24. The highest BCUT2D eigenvalue weighted by atomic mass is 16.5. The summed E-state index contributed by atoms with van der Waals surface area (Å²) in [4.78, 5) is 6.89. The van der Waals surface area contributed by atoms with Crippen LogP contribution in [0.2, 0.25) is 0 Å². The zero-order valence-electron chi connectivity index (χ0n) is 10.1. The third-order valence-electron chi connectivity index (χ3n) is 3.31. The number of hydrogen-bond donors (Lipinski definition) is 0. The van der Waals surface area contributed by atoms with Crippen molar-refractivity contribution in [1.82, 2.24) is 19.5 Å². The number of fused-ring (bicyclic) bond motifs is 1. The van der Waals surface area contributed by atoms with Gasteiger partial charge < -0.3 is 9.64 Å². The Hall–Kier alpha value is -1.62. The fourth-order valence-corrected chi connectivity index (χ4v) is 2.32. The van der Waals surface area contributed by atoms with Gasteiger partial charge in [0.1, 0.15) is 5.75 Å². The van der Waals surface area contributed by atoms with Crippen molar-refractivity contribution in [1.29, 1.82) is 0 Å². The average Bonchev–Trinajstić information content (AvgIpc) is 2.93. The standard InChI is InChI=1S/C12H16N4O/c1-15-6-5-9(7-15)12-13-11-4-3-10(17-2)8-16(11)14-12/h3-4,8-9H,5-7H2,1-2H3. The van der Waals surface area contributed by atoms with Crippen LogP contribution in [0.5, 0.6) is 5.75 Å². The Kier molecular flexibility index (Phi) is 2.48. The predicted octanol–water partition coefficient (Wildman–Crippen LogP) is 1.16. The van der Waals surface area contributed by atoms with E-state index in [1.807, 2.05) is 18.3 Å². The van der Waals surface area contributed by atoms with Gasteiger partial charge in [-0.15, -0.1) is 0 Å². The van der Waals surface area contributed by atoms with Crippen LogP contribution in [0.3, 0.4) is 0 Å². The number of methoxy groups -OCH3 is 1. The van der Waals surface area contributed by atoms with Crippen LogP contribution >= 0.6 is 0 Å². The smallest absolute Gasteiger partial charge is 0.156 e. The molecule has 1 unspecified atom stereocenters. The maximum atomic E-state index is 5.18. The summed E-state index contributed by atoms with van der Waals surface area (Å²) >= 11 is 0. The van der Waals surface area contributed by atoms with E-state index in [-0.39, 0.29) is 0 Å². The van der Waals surface area contributed by atoms with Gasteiger partial charge in [0.25, 0.3) is 0 Å². The zero-order valence-corrected chi connectivity index (χ0v) is 10.1. The van der Waals surface area contributed by atoms with Crippen LogP contribution in [0.1, 0.15) is 18.2 Å². The van der Waals surface area contributed by atoms with E-state index in [0.717, 1.165) is 36.7 Å². The molecule has 0 saturated carbocycles. The van der Waals surface area contributed by atoms with Crippen molar-refractivity contribution >= 4 is 5.65 Å². The third-order valence-corrected chi connectivity index (χ3v) is 3.31. The highest BCUT2D eigenvalue weighted by molar-refractivity contribution is 5.41. The van der Waals surface area contributed by atoms with Gasteiger partial charge in [-0.3, -0.25) is 0 Å². The van der Waals surface area contributed by atoms with Gasteiger partial charge in [-0.2, -0.15) is 5.10 Å². The summed E-state index contributed by atoms with van der Waals surface area (Å²) in [6.07, 6.45) is 3.01. The highest BCUT2D eigenvalue weighted by Gasteiger charge is 2.24. The summed E-state index contributed by atoms with van der Waals surface area (Å²) in [6, 6.07) is 3.85. The Balaban J connectivity index is 1.96. The van der Waals surface area contributed by atoms with E-state index < -0.39 is 0 Å². The molecule has 0 aliphatic carbocycles. The first-order valence-electron chi connectivity index (χ1n) is 5.85. The molecule has 1 fully saturated rings. The van der Waals surface area contributed by atoms with E-state index in [1.165, 1.54) is 0 Å². The summed E-state index contributed by atoms with van der Waals surface area (Å²) in [5.41, 5.74) is 0.885. The first-order valence-corrected chi connectivity index (χ1v) is 5.85. The summed E-state index contributed by atoms with van der Waals surface area (Å²) in [7, 11) is 3.80. The molecule has 3 rings (SSSR count). The number of hydrogen-bond acceptors (Lipinski definition) is 4. The number of aromatic nitrogens is 3. The molecule has 90 valence electrons. The minimum Gasteiger partial charge on any atom is -0.495 e. The minimum atomic E-state index is 0.464. The molecule has 0 radical (unpaired) electrons. The number of likely N-dealkylation sites (tertiary alicyclic amines) is 1. The molecule has 5 nitrogen and oxygen atoms in total. The van der Waals surface area contributed by atoms with Gasteiger partial charge in [0, 0.05) is 12.5 Å². The van der Waals surface area contributed by atoms with Crippen molar-refractivity contribution in [3.05, 3.63) is 24.2 Å². The van der Waals surface area contributed by atoms with E-state index in [4.69, 9.17) is 4.74 Å². The number of ether oxygens (including phenoxy) is 1. The van der Waals surface area contributed by atoms with Gasteiger partial charge in [0.2, 0.25) is 0 Å². The molecule has 5 heteroatoms. The zero-order chi connectivity index (χ0) is 11.8. The maximum Gasteiger partial charge on any atom is 0.156 e. The SMILES string of the molecule is COc1ccc2nc(C3CCN(C)C3)nn2c1. The molecular weight excluding hydrogens is 216 g/mol. The van der Waals surface area contributed by atoms with Gasteiger partial charge in [0.15, 0.2) is 11.5 Å². The van der Waals surface area contributed by atoms with Gasteiger partial charge in [-0.25, -0.2) is 9.50 Å². The van der Waals surface area contributed by atoms with E-state index >= 15 is 0 Å². The molecule has 0 N–H and O–H groups in total. The first-order chi connectivity index (χ1) is 8.26. The van der Waals surface area contributed by atoms with Gasteiger partial charge in [-0.05, 0) is 32.1 Å². The van der Waals surface area contributed by atoms with Crippen molar-refractivity contribution < 1.29 is 4.74 Å². The summed E-state index contributed by atoms with van der Waals surface area (Å²) in [6.45, 7) is 2.18. The molecule has 17 heavy (non-hydrogen) atoms. The second kappa shape index (κ2) is 4.00. The van der Waals surface area contributed by atoms with E-state index in [9.17, 15) is 0 Å². The van der Waals surface area contributed by atoms with Crippen LogP contribution < -0.4 is 4.74 Å². The molecule has 0 spiro atoms. The van der Waals surface area contributed by atoms with Crippen LogP contribution in [-0.2, 0) is 0 Å². The Labute approximate surface area is 100 Å². The molecule has 2 aromatic heterocycles. The van der Waals surface area contributed by atoms with Crippen LogP contribution in [0.4, 0.5) is 0 Å². The molecular formula is C12H16N4O. The maximum absolute atomic E-state index is 5.18. The number of likely N-dealkylation sites (N-methyl/N-ethyl adjacent to an activating group) is 1. The van der Waals surface area contributed by atoms with Gasteiger partial charge >= 0.3 is 0 Å². The van der Waals surface area contributed by atoms with Crippen LogP contribution in [0.15, 0.2) is 18.3 Å². The normalized spacial score (nSPS) is 21.2. The van der Waals surface area contributed by atoms with Crippen LogP contribution in [-0.4, -0.2) is 46.7 Å². The lowest BCUT2D eigenvalue weighted by molar-refractivity contribution is 0.409. The summed E-state index contributed by atoms with van der Waals surface area (Å²) in [5, 5.41) is 4.54. The predicted molar refractivity (Wildman–Crippen MR) is 64.4 cm³/mol. The first kappa shape index (κ1) is 10.5. The van der Waals surface area contributed by atoms with Crippen molar-refractivity contribution in [3.63, 3.8) is 0 Å². The van der Waals surface area contributed by atoms with Crippen molar-refractivity contribution in [2.75, 3.05) is 27.2 Å². The number of nitrogens with zero attached hydrogens (tertiary/aromatic N) is 4. The van der Waals surface area contributed by atoms with E-state index in [1.54, 1.807) is 11.6 Å². The second-order valence-corrected chi connectivity index (χ2v) is 4.59. The molecule has 1 saturated heterocycles. The summed E-state index contributed by atoms with van der Waals surface area (Å²) in [5.74, 6) is 2.21. The van der Waals surface area contributed by atoms with E-state index in [0.29, 0.717) is 5.92 Å². The Morgan fingerprint density at radius 2 is 2.29 bits per heavy atom. The number of rotatable bonds is 2. The number of pyridine rings is 1. The lowest BCUT2D eigenvalue weighted by atomic mass is 10.1. The molecule has 0 bridgehead atoms. The monoisotopic (exact) mass is 232 g/mol. The van der Waals surface area contributed by atoms with Gasteiger partial charge in [-0.1, -0.05) is 0 Å². The van der Waals surface area contributed by atoms with Crippen molar-refractivity contribution in [3.8, 4) is 5.75 Å². The fourth-order valence-electron chi connectivity index (χ4n) is 2.32. The Morgan fingerprint density at radius 3 is 3.00 bits per heavy atom. The Bertz CT molecular complexity index is 536. The fraction of sp³-hybridized carbons (Fsp3) is 0.500. The Morgan fingerprint density at radius 1 is 1.41 bits per heavy atom. The van der Waals surface area contributed by atoms with Crippen LogP contribution in [0, 0.1) is 0 Å². The molecule has 2 aromatic rings.